The van der Waals surface area contributed by atoms with Crippen LogP contribution in [-0.4, -0.2) is 21.4 Å². The third kappa shape index (κ3) is 3.18. The van der Waals surface area contributed by atoms with Crippen molar-refractivity contribution in [3.05, 3.63) is 48.8 Å². The molecule has 0 spiro atoms. The summed E-state index contributed by atoms with van der Waals surface area (Å²) in [7, 11) is 0. The summed E-state index contributed by atoms with van der Waals surface area (Å²) in [5.74, 6) is -1.23. The Morgan fingerprint density at radius 3 is 2.82 bits per heavy atom. The van der Waals surface area contributed by atoms with Crippen molar-refractivity contribution in [2.45, 2.75) is 25.7 Å². The van der Waals surface area contributed by atoms with Crippen LogP contribution >= 0.6 is 22.9 Å². The molecule has 0 aliphatic carbocycles. The summed E-state index contributed by atoms with van der Waals surface area (Å²) in [5.41, 5.74) is -0.176. The van der Waals surface area contributed by atoms with Crippen LogP contribution < -0.4 is 5.56 Å². The summed E-state index contributed by atoms with van der Waals surface area (Å²) in [4.78, 5) is 20.3. The molecular weight excluding hydrogens is 339 g/mol. The lowest BCUT2D eigenvalue weighted by Gasteiger charge is -2.27. The quantitative estimate of drug-likeness (QED) is 0.906. The van der Waals surface area contributed by atoms with E-state index in [1.807, 2.05) is 16.0 Å². The van der Waals surface area contributed by atoms with Crippen LogP contribution in [0.3, 0.4) is 0 Å². The number of H-pyrrole nitrogens is 1. The molecule has 0 bridgehead atoms. The minimum Gasteiger partial charge on any atom is -0.303 e. The third-order valence-electron chi connectivity index (χ3n) is 3.42. The Kier molecular flexibility index (Phi) is 4.00. The summed E-state index contributed by atoms with van der Waals surface area (Å²) in [6, 6.07) is 3.70. The molecule has 22 heavy (non-hydrogen) atoms. The fourth-order valence-electron chi connectivity index (χ4n) is 2.41. The molecule has 3 rings (SSSR count). The van der Waals surface area contributed by atoms with E-state index in [2.05, 4.69) is 4.98 Å². The molecular formula is C13H11ClF3N3OS. The van der Waals surface area contributed by atoms with Crippen LogP contribution in [0.15, 0.2) is 16.9 Å². The predicted octanol–water partition coefficient (Wildman–Crippen LogP) is 3.06. The van der Waals surface area contributed by atoms with E-state index in [0.717, 1.165) is 4.88 Å². The summed E-state index contributed by atoms with van der Waals surface area (Å²) >= 11 is 7.32. The molecule has 1 aliphatic heterocycles. The van der Waals surface area contributed by atoms with Crippen LogP contribution in [0.5, 0.6) is 0 Å². The number of hydrogen-bond acceptors (Lipinski definition) is 4. The van der Waals surface area contributed by atoms with Gasteiger partial charge >= 0.3 is 6.18 Å². The number of nitrogens with one attached hydrogen (secondary N) is 1. The minimum absolute atomic E-state index is 0.233. The molecule has 0 saturated heterocycles. The molecule has 2 aromatic heterocycles. The van der Waals surface area contributed by atoms with Crippen LogP contribution in [0.25, 0.3) is 0 Å². The first-order valence-corrected chi connectivity index (χ1v) is 7.68. The second-order valence-corrected chi connectivity index (χ2v) is 6.80. The molecule has 0 radical (unpaired) electrons. The van der Waals surface area contributed by atoms with Gasteiger partial charge in [0.15, 0.2) is 0 Å². The van der Waals surface area contributed by atoms with Gasteiger partial charge in [0, 0.05) is 30.9 Å². The molecule has 9 heteroatoms. The van der Waals surface area contributed by atoms with E-state index in [9.17, 15) is 18.0 Å². The average molecular weight is 350 g/mol. The van der Waals surface area contributed by atoms with Gasteiger partial charge in [0.1, 0.15) is 0 Å². The molecule has 0 fully saturated rings. The van der Waals surface area contributed by atoms with Crippen molar-refractivity contribution in [3.63, 3.8) is 0 Å². The number of rotatable bonds is 2. The Morgan fingerprint density at radius 1 is 1.41 bits per heavy atom. The zero-order valence-corrected chi connectivity index (χ0v) is 12.8. The molecule has 0 aromatic carbocycles. The monoisotopic (exact) mass is 349 g/mol. The maximum Gasteiger partial charge on any atom is 0.449 e. The van der Waals surface area contributed by atoms with Crippen molar-refractivity contribution in [2.75, 3.05) is 6.54 Å². The summed E-state index contributed by atoms with van der Waals surface area (Å²) in [6.45, 7) is 1.44. The number of fused-ring (bicyclic) bond motifs is 1. The van der Waals surface area contributed by atoms with E-state index in [1.54, 1.807) is 6.07 Å². The van der Waals surface area contributed by atoms with Crippen molar-refractivity contribution >= 4 is 22.9 Å². The normalized spacial score (nSPS) is 15.8. The first kappa shape index (κ1) is 15.5. The smallest absolute Gasteiger partial charge is 0.303 e. The fraction of sp³-hybridized carbons (Fsp3) is 0.385. The minimum atomic E-state index is -4.64. The number of hydrogen-bond donors (Lipinski definition) is 1. The second kappa shape index (κ2) is 5.68. The van der Waals surface area contributed by atoms with Gasteiger partial charge < -0.3 is 4.98 Å². The highest BCUT2D eigenvalue weighted by Crippen LogP contribution is 2.27. The highest BCUT2D eigenvalue weighted by Gasteiger charge is 2.35. The maximum atomic E-state index is 12.7. The molecule has 0 saturated carbocycles. The zero-order valence-electron chi connectivity index (χ0n) is 11.2. The lowest BCUT2D eigenvalue weighted by molar-refractivity contribution is -0.145. The number of thiophene rings is 1. The molecule has 4 nitrogen and oxygen atoms in total. The standard InChI is InChI=1S/C13H11ClF3N3OS/c14-10-2-1-7(22-10)5-20-4-3-9-8(6-20)11(21)19-12(18-9)13(15,16)17/h1-2H,3-6H2,(H,18,19,21). The predicted molar refractivity (Wildman–Crippen MR) is 77.0 cm³/mol. The van der Waals surface area contributed by atoms with Crippen molar-refractivity contribution in [1.82, 2.24) is 14.9 Å². The van der Waals surface area contributed by atoms with E-state index in [0.29, 0.717) is 29.4 Å². The zero-order chi connectivity index (χ0) is 15.9. The molecule has 0 atom stereocenters. The first-order chi connectivity index (χ1) is 10.3. The van der Waals surface area contributed by atoms with Crippen molar-refractivity contribution < 1.29 is 13.2 Å². The van der Waals surface area contributed by atoms with Crippen LogP contribution in [0, 0.1) is 0 Å². The molecule has 1 aliphatic rings. The van der Waals surface area contributed by atoms with Crippen LogP contribution in [-0.2, 0) is 25.7 Å². The van der Waals surface area contributed by atoms with Gasteiger partial charge in [0.05, 0.1) is 15.6 Å². The Labute approximate surface area is 132 Å². The van der Waals surface area contributed by atoms with Gasteiger partial charge in [-0.3, -0.25) is 9.69 Å². The summed E-state index contributed by atoms with van der Waals surface area (Å²) in [6.07, 6.45) is -4.32. The molecule has 1 N–H and O–H groups in total. The van der Waals surface area contributed by atoms with E-state index >= 15 is 0 Å². The molecule has 0 unspecified atom stereocenters. The Bertz CT molecular complexity index is 756. The van der Waals surface area contributed by atoms with Gasteiger partial charge in [-0.1, -0.05) is 11.6 Å². The molecule has 0 amide bonds. The Morgan fingerprint density at radius 2 is 2.18 bits per heavy atom. The van der Waals surface area contributed by atoms with Gasteiger partial charge in [-0.05, 0) is 12.1 Å². The van der Waals surface area contributed by atoms with Crippen molar-refractivity contribution in [3.8, 4) is 0 Å². The average Bonchev–Trinajstić information content (AvgIpc) is 2.83. The van der Waals surface area contributed by atoms with Gasteiger partial charge in [-0.2, -0.15) is 13.2 Å². The lowest BCUT2D eigenvalue weighted by Crippen LogP contribution is -2.36. The highest BCUT2D eigenvalue weighted by molar-refractivity contribution is 7.16. The van der Waals surface area contributed by atoms with E-state index in [-0.39, 0.29) is 12.2 Å². The fourth-order valence-corrected chi connectivity index (χ4v) is 3.54. The lowest BCUT2D eigenvalue weighted by atomic mass is 10.1. The van der Waals surface area contributed by atoms with Gasteiger partial charge in [-0.25, -0.2) is 4.98 Å². The summed E-state index contributed by atoms with van der Waals surface area (Å²) in [5, 5.41) is 0. The second-order valence-electron chi connectivity index (χ2n) is 5.00. The maximum absolute atomic E-state index is 12.7. The molecule has 118 valence electrons. The SMILES string of the molecule is O=c1[nH]c(C(F)(F)F)nc2c1CN(Cc1ccc(Cl)s1)CC2. The Hall–Kier alpha value is -1.38. The van der Waals surface area contributed by atoms with E-state index in [1.165, 1.54) is 11.3 Å². The van der Waals surface area contributed by atoms with Gasteiger partial charge in [0.2, 0.25) is 5.82 Å². The van der Waals surface area contributed by atoms with Crippen LogP contribution in [0.2, 0.25) is 4.34 Å². The third-order valence-corrected chi connectivity index (χ3v) is 4.64. The van der Waals surface area contributed by atoms with E-state index in [4.69, 9.17) is 11.6 Å². The number of nitrogens with zero attached hydrogens (tertiary/aromatic N) is 2. The topological polar surface area (TPSA) is 49.0 Å². The number of halogens is 4. The van der Waals surface area contributed by atoms with Crippen molar-refractivity contribution in [2.24, 2.45) is 0 Å². The molecule has 2 aromatic rings. The number of aromatic nitrogens is 2. The number of alkyl halides is 3. The van der Waals surface area contributed by atoms with E-state index < -0.39 is 17.6 Å². The highest BCUT2D eigenvalue weighted by atomic mass is 35.5. The number of aromatic amines is 1. The van der Waals surface area contributed by atoms with Crippen LogP contribution in [0.1, 0.15) is 22.0 Å². The molecule has 3 heterocycles. The Balaban J connectivity index is 1.83. The first-order valence-electron chi connectivity index (χ1n) is 6.49. The van der Waals surface area contributed by atoms with Crippen molar-refractivity contribution in [1.29, 1.82) is 0 Å². The summed E-state index contributed by atoms with van der Waals surface area (Å²) < 4.78 is 38.6. The largest absolute Gasteiger partial charge is 0.449 e. The van der Waals surface area contributed by atoms with Gasteiger partial charge in [0.25, 0.3) is 5.56 Å². The van der Waals surface area contributed by atoms with Gasteiger partial charge in [-0.15, -0.1) is 11.3 Å². The van der Waals surface area contributed by atoms with Crippen LogP contribution in [0.4, 0.5) is 13.2 Å².